The molecule has 1 atom stereocenters. The predicted octanol–water partition coefficient (Wildman–Crippen LogP) is 3.15. The van der Waals surface area contributed by atoms with Gasteiger partial charge in [0, 0.05) is 29.1 Å². The summed E-state index contributed by atoms with van der Waals surface area (Å²) in [6, 6.07) is 8.63. The largest absolute Gasteiger partial charge is 0.497 e. The molecule has 0 amide bonds. The standard InChI is InChI=1S/C15H21NO2/c1-10(2)16-13(7-11(3)17)8-12-9-14(18-4)5-6-15(12)16/h5-6,8-11,17H,7H2,1-4H3. The number of ether oxygens (including phenoxy) is 1. The molecule has 1 aromatic carbocycles. The Labute approximate surface area is 108 Å². The summed E-state index contributed by atoms with van der Waals surface area (Å²) in [5, 5.41) is 10.8. The zero-order valence-electron chi connectivity index (χ0n) is 11.5. The van der Waals surface area contributed by atoms with Crippen molar-refractivity contribution >= 4 is 10.9 Å². The Morgan fingerprint density at radius 1 is 1.22 bits per heavy atom. The van der Waals surface area contributed by atoms with Crippen LogP contribution in [0, 0.1) is 0 Å². The fourth-order valence-corrected chi connectivity index (χ4v) is 2.47. The summed E-state index contributed by atoms with van der Waals surface area (Å²) in [5.41, 5.74) is 2.37. The normalized spacial score (nSPS) is 13.2. The van der Waals surface area contributed by atoms with Crippen LogP contribution in [0.1, 0.15) is 32.5 Å². The zero-order valence-corrected chi connectivity index (χ0v) is 11.5. The summed E-state index contributed by atoms with van der Waals surface area (Å²) in [6.45, 7) is 6.15. The molecule has 0 fully saturated rings. The molecule has 1 aromatic heterocycles. The van der Waals surface area contributed by atoms with Crippen LogP contribution in [0.3, 0.4) is 0 Å². The van der Waals surface area contributed by atoms with Gasteiger partial charge in [0.1, 0.15) is 5.75 Å². The molecule has 3 nitrogen and oxygen atoms in total. The lowest BCUT2D eigenvalue weighted by Gasteiger charge is -2.15. The van der Waals surface area contributed by atoms with Gasteiger partial charge in [0.2, 0.25) is 0 Å². The van der Waals surface area contributed by atoms with Gasteiger partial charge in [0.25, 0.3) is 0 Å². The molecule has 0 saturated heterocycles. The number of nitrogens with zero attached hydrogens (tertiary/aromatic N) is 1. The molecule has 1 N–H and O–H groups in total. The maximum absolute atomic E-state index is 9.60. The smallest absolute Gasteiger partial charge is 0.119 e. The molecule has 0 radical (unpaired) electrons. The monoisotopic (exact) mass is 247 g/mol. The second kappa shape index (κ2) is 5.02. The number of aliphatic hydroxyl groups is 1. The fourth-order valence-electron chi connectivity index (χ4n) is 2.47. The van der Waals surface area contributed by atoms with E-state index in [2.05, 4.69) is 30.5 Å². The van der Waals surface area contributed by atoms with Gasteiger partial charge in [0.15, 0.2) is 0 Å². The topological polar surface area (TPSA) is 34.4 Å². The Hall–Kier alpha value is -1.48. The lowest BCUT2D eigenvalue weighted by Crippen LogP contribution is -2.11. The number of aromatic nitrogens is 1. The van der Waals surface area contributed by atoms with Gasteiger partial charge in [-0.15, -0.1) is 0 Å². The summed E-state index contributed by atoms with van der Waals surface area (Å²) in [6.07, 6.45) is 0.350. The van der Waals surface area contributed by atoms with Crippen LogP contribution in [0.4, 0.5) is 0 Å². The number of methoxy groups -OCH3 is 1. The first kappa shape index (κ1) is 13.0. The summed E-state index contributed by atoms with van der Waals surface area (Å²) in [4.78, 5) is 0. The molecule has 0 saturated carbocycles. The molecule has 18 heavy (non-hydrogen) atoms. The molecule has 1 heterocycles. The van der Waals surface area contributed by atoms with Gasteiger partial charge in [-0.3, -0.25) is 0 Å². The predicted molar refractivity (Wildman–Crippen MR) is 74.3 cm³/mol. The molecule has 3 heteroatoms. The van der Waals surface area contributed by atoms with Crippen LogP contribution in [0.5, 0.6) is 5.75 Å². The van der Waals surface area contributed by atoms with Crippen molar-refractivity contribution < 1.29 is 9.84 Å². The molecule has 0 aliphatic carbocycles. The number of rotatable bonds is 4. The summed E-state index contributed by atoms with van der Waals surface area (Å²) in [5.74, 6) is 0.868. The number of fused-ring (bicyclic) bond motifs is 1. The molecule has 2 rings (SSSR count). The first-order valence-electron chi connectivity index (χ1n) is 6.39. The first-order valence-corrected chi connectivity index (χ1v) is 6.39. The zero-order chi connectivity index (χ0) is 13.3. The van der Waals surface area contributed by atoms with Crippen LogP contribution in [0.25, 0.3) is 10.9 Å². The Bertz CT molecular complexity index is 541. The van der Waals surface area contributed by atoms with Gasteiger partial charge in [-0.1, -0.05) is 0 Å². The summed E-state index contributed by atoms with van der Waals surface area (Å²) in [7, 11) is 1.68. The van der Waals surface area contributed by atoms with E-state index in [1.807, 2.05) is 19.1 Å². The second-order valence-electron chi connectivity index (χ2n) is 5.08. The lowest BCUT2D eigenvalue weighted by atomic mass is 10.2. The van der Waals surface area contributed by atoms with Crippen LogP contribution in [0.2, 0.25) is 0 Å². The third-order valence-electron chi connectivity index (χ3n) is 3.15. The molecular weight excluding hydrogens is 226 g/mol. The third-order valence-corrected chi connectivity index (χ3v) is 3.15. The first-order chi connectivity index (χ1) is 8.52. The SMILES string of the molecule is COc1ccc2c(c1)cc(CC(C)O)n2C(C)C. The maximum atomic E-state index is 9.60. The fraction of sp³-hybridized carbons (Fsp3) is 0.467. The van der Waals surface area contributed by atoms with Gasteiger partial charge in [-0.25, -0.2) is 0 Å². The highest BCUT2D eigenvalue weighted by molar-refractivity contribution is 5.83. The van der Waals surface area contributed by atoms with Gasteiger partial charge >= 0.3 is 0 Å². The van der Waals surface area contributed by atoms with Crippen molar-refractivity contribution in [2.24, 2.45) is 0 Å². The number of benzene rings is 1. The Morgan fingerprint density at radius 3 is 2.50 bits per heavy atom. The molecule has 0 aliphatic heterocycles. The summed E-state index contributed by atoms with van der Waals surface area (Å²) >= 11 is 0. The van der Waals surface area contributed by atoms with Crippen LogP contribution < -0.4 is 4.74 Å². The van der Waals surface area contributed by atoms with Gasteiger partial charge in [-0.05, 0) is 45.0 Å². The van der Waals surface area contributed by atoms with Crippen molar-refractivity contribution in [2.75, 3.05) is 7.11 Å². The van der Waals surface area contributed by atoms with Crippen molar-refractivity contribution in [3.05, 3.63) is 30.0 Å². The highest BCUT2D eigenvalue weighted by atomic mass is 16.5. The van der Waals surface area contributed by atoms with Crippen molar-refractivity contribution in [1.82, 2.24) is 4.57 Å². The quantitative estimate of drug-likeness (QED) is 0.900. The highest BCUT2D eigenvalue weighted by Gasteiger charge is 2.13. The van der Waals surface area contributed by atoms with E-state index in [9.17, 15) is 5.11 Å². The number of aliphatic hydroxyl groups excluding tert-OH is 1. The minimum atomic E-state index is -0.325. The van der Waals surface area contributed by atoms with Crippen molar-refractivity contribution in [1.29, 1.82) is 0 Å². The van der Waals surface area contributed by atoms with E-state index < -0.39 is 0 Å². The van der Waals surface area contributed by atoms with Crippen LogP contribution in [0.15, 0.2) is 24.3 Å². The van der Waals surface area contributed by atoms with Crippen molar-refractivity contribution in [3.63, 3.8) is 0 Å². The van der Waals surface area contributed by atoms with E-state index in [-0.39, 0.29) is 6.10 Å². The minimum Gasteiger partial charge on any atom is -0.497 e. The average molecular weight is 247 g/mol. The Balaban J connectivity index is 2.58. The molecule has 0 spiro atoms. The van der Waals surface area contributed by atoms with Crippen molar-refractivity contribution in [2.45, 2.75) is 39.3 Å². The van der Waals surface area contributed by atoms with Gasteiger partial charge < -0.3 is 14.4 Å². The second-order valence-corrected chi connectivity index (χ2v) is 5.08. The minimum absolute atomic E-state index is 0.325. The van der Waals surface area contributed by atoms with Gasteiger partial charge in [0.05, 0.1) is 13.2 Å². The molecule has 0 bridgehead atoms. The molecular formula is C15H21NO2. The van der Waals surface area contributed by atoms with E-state index in [0.717, 1.165) is 5.75 Å². The van der Waals surface area contributed by atoms with Gasteiger partial charge in [-0.2, -0.15) is 0 Å². The Morgan fingerprint density at radius 2 is 1.94 bits per heavy atom. The lowest BCUT2D eigenvalue weighted by molar-refractivity contribution is 0.192. The van der Waals surface area contributed by atoms with E-state index >= 15 is 0 Å². The van der Waals surface area contributed by atoms with Crippen molar-refractivity contribution in [3.8, 4) is 5.75 Å². The average Bonchev–Trinajstić information content (AvgIpc) is 2.64. The van der Waals surface area contributed by atoms with E-state index in [4.69, 9.17) is 4.74 Å². The molecule has 98 valence electrons. The number of hydrogen-bond acceptors (Lipinski definition) is 2. The van der Waals surface area contributed by atoms with Crippen LogP contribution in [-0.4, -0.2) is 22.9 Å². The molecule has 1 unspecified atom stereocenters. The van der Waals surface area contributed by atoms with Crippen LogP contribution in [-0.2, 0) is 6.42 Å². The molecule has 0 aliphatic rings. The third kappa shape index (κ3) is 2.36. The van der Waals surface area contributed by atoms with E-state index in [1.54, 1.807) is 7.11 Å². The highest BCUT2D eigenvalue weighted by Crippen LogP contribution is 2.28. The Kier molecular flexibility index (Phi) is 3.62. The maximum Gasteiger partial charge on any atom is 0.119 e. The molecule has 2 aromatic rings. The van der Waals surface area contributed by atoms with E-state index in [0.29, 0.717) is 12.5 Å². The van der Waals surface area contributed by atoms with E-state index in [1.165, 1.54) is 16.6 Å². The van der Waals surface area contributed by atoms with Crippen LogP contribution >= 0.6 is 0 Å². The number of hydrogen-bond donors (Lipinski definition) is 1. The summed E-state index contributed by atoms with van der Waals surface area (Å²) < 4.78 is 7.53.